The Labute approximate surface area is 121 Å². The van der Waals surface area contributed by atoms with Crippen molar-refractivity contribution in [3.63, 3.8) is 0 Å². The molecule has 0 aliphatic carbocycles. The summed E-state index contributed by atoms with van der Waals surface area (Å²) in [5, 5.41) is 6.10. The van der Waals surface area contributed by atoms with Crippen molar-refractivity contribution < 1.29 is 9.53 Å². The van der Waals surface area contributed by atoms with Crippen LogP contribution in [0.5, 0.6) is 0 Å². The number of aromatic nitrogens is 3. The van der Waals surface area contributed by atoms with Gasteiger partial charge in [0.15, 0.2) is 0 Å². The Bertz CT molecular complexity index is 612. The zero-order valence-corrected chi connectivity index (χ0v) is 12.5. The largest absolute Gasteiger partial charge is 0.462 e. The van der Waals surface area contributed by atoms with Gasteiger partial charge in [-0.3, -0.25) is 0 Å². The quantitative estimate of drug-likeness (QED) is 0.852. The fraction of sp³-hybridized carbons (Fsp3) is 0.385. The van der Waals surface area contributed by atoms with E-state index in [1.165, 1.54) is 6.20 Å². The minimum atomic E-state index is -0.397. The predicted molar refractivity (Wildman–Crippen MR) is 76.9 cm³/mol. The summed E-state index contributed by atoms with van der Waals surface area (Å²) >= 11 is 1.60. The lowest BCUT2D eigenvalue weighted by Crippen LogP contribution is -2.11. The Kier molecular flexibility index (Phi) is 4.62. The standard InChI is InChI=1S/C13H16N4O2S/c1-4-19-12(18)11-6-15-13(16-8(11)2)14-5-10-7-20-9(3)17-10/h6-7H,4-5H2,1-3H3,(H,14,15,16). The molecule has 0 radical (unpaired) electrons. The van der Waals surface area contributed by atoms with Gasteiger partial charge in [-0.1, -0.05) is 0 Å². The van der Waals surface area contributed by atoms with E-state index in [9.17, 15) is 4.79 Å². The van der Waals surface area contributed by atoms with Gasteiger partial charge in [-0.2, -0.15) is 0 Å². The Morgan fingerprint density at radius 3 is 2.80 bits per heavy atom. The monoisotopic (exact) mass is 292 g/mol. The first kappa shape index (κ1) is 14.4. The average molecular weight is 292 g/mol. The van der Waals surface area contributed by atoms with Crippen LogP contribution >= 0.6 is 11.3 Å². The highest BCUT2D eigenvalue weighted by Gasteiger charge is 2.12. The fourth-order valence-corrected chi connectivity index (χ4v) is 2.23. The number of ether oxygens (including phenoxy) is 1. The van der Waals surface area contributed by atoms with E-state index >= 15 is 0 Å². The highest BCUT2D eigenvalue weighted by atomic mass is 32.1. The molecule has 1 N–H and O–H groups in total. The molecular formula is C13H16N4O2S. The minimum Gasteiger partial charge on any atom is -0.462 e. The summed E-state index contributed by atoms with van der Waals surface area (Å²) in [6, 6.07) is 0. The van der Waals surface area contributed by atoms with Gasteiger partial charge in [0.2, 0.25) is 5.95 Å². The van der Waals surface area contributed by atoms with E-state index in [2.05, 4.69) is 20.3 Å². The Hall–Kier alpha value is -2.02. The number of rotatable bonds is 5. The van der Waals surface area contributed by atoms with E-state index in [1.807, 2.05) is 12.3 Å². The summed E-state index contributed by atoms with van der Waals surface area (Å²) < 4.78 is 4.93. The second-order valence-corrected chi connectivity index (χ2v) is 5.19. The van der Waals surface area contributed by atoms with Gasteiger partial charge >= 0.3 is 5.97 Å². The van der Waals surface area contributed by atoms with Crippen LogP contribution in [0.25, 0.3) is 0 Å². The molecule has 20 heavy (non-hydrogen) atoms. The van der Waals surface area contributed by atoms with Crippen molar-refractivity contribution in [3.8, 4) is 0 Å². The summed E-state index contributed by atoms with van der Waals surface area (Å²) in [6.07, 6.45) is 1.48. The Balaban J connectivity index is 2.03. The number of anilines is 1. The van der Waals surface area contributed by atoms with Crippen molar-refractivity contribution in [3.05, 3.63) is 33.5 Å². The lowest BCUT2D eigenvalue weighted by Gasteiger charge is -2.07. The summed E-state index contributed by atoms with van der Waals surface area (Å²) in [5.74, 6) is 0.0767. The maximum atomic E-state index is 11.6. The van der Waals surface area contributed by atoms with E-state index < -0.39 is 5.97 Å². The van der Waals surface area contributed by atoms with Gasteiger partial charge in [0.1, 0.15) is 0 Å². The average Bonchev–Trinajstić information content (AvgIpc) is 2.82. The van der Waals surface area contributed by atoms with E-state index in [0.717, 1.165) is 10.7 Å². The molecule has 0 aliphatic rings. The van der Waals surface area contributed by atoms with Crippen LogP contribution in [0, 0.1) is 13.8 Å². The molecule has 0 spiro atoms. The van der Waals surface area contributed by atoms with Crippen molar-refractivity contribution in [1.29, 1.82) is 0 Å². The lowest BCUT2D eigenvalue weighted by atomic mass is 10.2. The number of carbonyl (C=O) groups is 1. The topological polar surface area (TPSA) is 77.0 Å². The minimum absolute atomic E-state index is 0.335. The Morgan fingerprint density at radius 2 is 2.20 bits per heavy atom. The van der Waals surface area contributed by atoms with Gasteiger partial charge in [0.25, 0.3) is 0 Å². The second-order valence-electron chi connectivity index (χ2n) is 4.12. The molecule has 2 heterocycles. The molecular weight excluding hydrogens is 276 g/mol. The number of hydrogen-bond acceptors (Lipinski definition) is 7. The third kappa shape index (κ3) is 3.51. The molecule has 0 saturated carbocycles. The van der Waals surface area contributed by atoms with Crippen LogP contribution in [-0.2, 0) is 11.3 Å². The number of carbonyl (C=O) groups excluding carboxylic acids is 1. The Morgan fingerprint density at radius 1 is 1.40 bits per heavy atom. The molecule has 2 rings (SSSR count). The summed E-state index contributed by atoms with van der Waals surface area (Å²) in [6.45, 7) is 6.37. The van der Waals surface area contributed by atoms with Crippen molar-refractivity contribution in [1.82, 2.24) is 15.0 Å². The third-order valence-electron chi connectivity index (χ3n) is 2.57. The maximum absolute atomic E-state index is 11.6. The zero-order chi connectivity index (χ0) is 14.5. The van der Waals surface area contributed by atoms with Crippen LogP contribution < -0.4 is 5.32 Å². The first-order chi connectivity index (χ1) is 9.60. The van der Waals surface area contributed by atoms with Gasteiger partial charge in [-0.15, -0.1) is 11.3 Å². The number of nitrogens with one attached hydrogen (secondary N) is 1. The lowest BCUT2D eigenvalue weighted by molar-refractivity contribution is 0.0524. The van der Waals surface area contributed by atoms with Crippen LogP contribution in [0.3, 0.4) is 0 Å². The highest BCUT2D eigenvalue weighted by molar-refractivity contribution is 7.09. The van der Waals surface area contributed by atoms with Gasteiger partial charge in [0, 0.05) is 11.6 Å². The molecule has 0 atom stereocenters. The SMILES string of the molecule is CCOC(=O)c1cnc(NCc2csc(C)n2)nc1C. The van der Waals surface area contributed by atoms with E-state index in [4.69, 9.17) is 4.74 Å². The molecule has 0 bridgehead atoms. The van der Waals surface area contributed by atoms with Crippen LogP contribution in [-0.4, -0.2) is 27.5 Å². The number of thiazole rings is 1. The molecule has 106 valence electrons. The molecule has 6 nitrogen and oxygen atoms in total. The number of hydrogen-bond donors (Lipinski definition) is 1. The van der Waals surface area contributed by atoms with Crippen LogP contribution in [0.15, 0.2) is 11.6 Å². The number of aryl methyl sites for hydroxylation is 2. The van der Waals surface area contributed by atoms with Crippen molar-refractivity contribution >= 4 is 23.3 Å². The maximum Gasteiger partial charge on any atom is 0.341 e. The number of esters is 1. The molecule has 2 aromatic rings. The molecule has 0 fully saturated rings. The van der Waals surface area contributed by atoms with Gasteiger partial charge in [0.05, 0.1) is 35.1 Å². The summed E-state index contributed by atoms with van der Waals surface area (Å²) in [7, 11) is 0. The first-order valence-corrected chi connectivity index (χ1v) is 7.13. The van der Waals surface area contributed by atoms with Crippen molar-refractivity contribution in [2.45, 2.75) is 27.3 Å². The summed E-state index contributed by atoms with van der Waals surface area (Å²) in [5.41, 5.74) is 1.93. The molecule has 0 saturated heterocycles. The zero-order valence-electron chi connectivity index (χ0n) is 11.6. The highest BCUT2D eigenvalue weighted by Crippen LogP contribution is 2.11. The van der Waals surface area contributed by atoms with Gasteiger partial charge < -0.3 is 10.1 Å². The molecule has 0 aromatic carbocycles. The molecule has 7 heteroatoms. The van der Waals surface area contributed by atoms with Crippen LogP contribution in [0.1, 0.15) is 33.7 Å². The predicted octanol–water partition coefficient (Wildman–Crippen LogP) is 2.34. The third-order valence-corrected chi connectivity index (χ3v) is 3.39. The molecule has 0 unspecified atom stereocenters. The fourth-order valence-electron chi connectivity index (χ4n) is 1.62. The van der Waals surface area contributed by atoms with Crippen molar-refractivity contribution in [2.24, 2.45) is 0 Å². The second kappa shape index (κ2) is 6.42. The van der Waals surface area contributed by atoms with Crippen LogP contribution in [0.4, 0.5) is 5.95 Å². The molecule has 0 aliphatic heterocycles. The molecule has 2 aromatic heterocycles. The van der Waals surface area contributed by atoms with E-state index in [-0.39, 0.29) is 0 Å². The first-order valence-electron chi connectivity index (χ1n) is 6.25. The normalized spacial score (nSPS) is 10.3. The molecule has 0 amide bonds. The smallest absolute Gasteiger partial charge is 0.341 e. The van der Waals surface area contributed by atoms with Crippen molar-refractivity contribution in [2.75, 3.05) is 11.9 Å². The van der Waals surface area contributed by atoms with E-state index in [1.54, 1.807) is 25.2 Å². The summed E-state index contributed by atoms with van der Waals surface area (Å²) in [4.78, 5) is 24.3. The van der Waals surface area contributed by atoms with Gasteiger partial charge in [-0.25, -0.2) is 19.7 Å². The number of nitrogens with zero attached hydrogens (tertiary/aromatic N) is 3. The van der Waals surface area contributed by atoms with Crippen LogP contribution in [0.2, 0.25) is 0 Å². The van der Waals surface area contributed by atoms with Gasteiger partial charge in [-0.05, 0) is 20.8 Å². The van der Waals surface area contributed by atoms with E-state index in [0.29, 0.717) is 30.4 Å².